The summed E-state index contributed by atoms with van der Waals surface area (Å²) in [6, 6.07) is 14.3. The summed E-state index contributed by atoms with van der Waals surface area (Å²) in [6.45, 7) is 6.91. The SMILES string of the molecule is C=CC=N/C(Oc1ccc(C(=O)c2nc3ccccc3[nH]2)cc1)=C(\N)N1CCC([C@@H](C)O)CC1. The third kappa shape index (κ3) is 5.18. The fraction of sp³-hybridized carbons (Fsp3) is 0.269. The molecule has 2 aromatic carbocycles. The number of rotatable bonds is 8. The lowest BCUT2D eigenvalue weighted by molar-refractivity contribution is 0.0799. The van der Waals surface area contributed by atoms with Gasteiger partial charge in [0.05, 0.1) is 17.1 Å². The topological polar surface area (TPSA) is 117 Å². The van der Waals surface area contributed by atoms with Gasteiger partial charge in [-0.3, -0.25) is 4.79 Å². The summed E-state index contributed by atoms with van der Waals surface area (Å²) in [6.07, 6.45) is 4.42. The number of hydrogen-bond donors (Lipinski definition) is 3. The molecule has 8 heteroatoms. The Kier molecular flexibility index (Phi) is 7.08. The number of para-hydroxylation sites is 2. The van der Waals surface area contributed by atoms with E-state index in [9.17, 15) is 9.90 Å². The second-order valence-corrected chi connectivity index (χ2v) is 8.33. The maximum absolute atomic E-state index is 12.9. The molecule has 3 aromatic rings. The largest absolute Gasteiger partial charge is 0.436 e. The average molecular weight is 460 g/mol. The highest BCUT2D eigenvalue weighted by Crippen LogP contribution is 2.25. The normalized spacial score (nSPS) is 16.5. The van der Waals surface area contributed by atoms with Crippen LogP contribution in [-0.2, 0) is 0 Å². The molecule has 1 atom stereocenters. The van der Waals surface area contributed by atoms with Gasteiger partial charge in [-0.05, 0) is 62.1 Å². The second-order valence-electron chi connectivity index (χ2n) is 8.33. The molecule has 8 nitrogen and oxygen atoms in total. The van der Waals surface area contributed by atoms with Crippen molar-refractivity contribution in [2.24, 2.45) is 16.6 Å². The summed E-state index contributed by atoms with van der Waals surface area (Å²) in [5.41, 5.74) is 8.44. The number of carbonyl (C=O) groups is 1. The fourth-order valence-corrected chi connectivity index (χ4v) is 4.01. The van der Waals surface area contributed by atoms with Gasteiger partial charge >= 0.3 is 0 Å². The quantitative estimate of drug-likeness (QED) is 0.269. The van der Waals surface area contributed by atoms with E-state index >= 15 is 0 Å². The molecule has 1 aromatic heterocycles. The monoisotopic (exact) mass is 459 g/mol. The number of nitrogens with one attached hydrogen (secondary N) is 1. The van der Waals surface area contributed by atoms with Gasteiger partial charge in [0.25, 0.3) is 5.88 Å². The van der Waals surface area contributed by atoms with E-state index in [1.165, 1.54) is 6.21 Å². The van der Waals surface area contributed by atoms with Gasteiger partial charge in [0.2, 0.25) is 5.78 Å². The Balaban J connectivity index is 1.50. The van der Waals surface area contributed by atoms with E-state index in [-0.39, 0.29) is 29.5 Å². The lowest BCUT2D eigenvalue weighted by Gasteiger charge is -2.34. The van der Waals surface area contributed by atoms with Crippen LogP contribution in [0.4, 0.5) is 0 Å². The number of aromatic amines is 1. The lowest BCUT2D eigenvalue weighted by atomic mass is 9.92. The maximum atomic E-state index is 12.9. The summed E-state index contributed by atoms with van der Waals surface area (Å²) >= 11 is 0. The van der Waals surface area contributed by atoms with Gasteiger partial charge in [0.1, 0.15) is 5.75 Å². The minimum Gasteiger partial charge on any atom is -0.436 e. The number of allylic oxidation sites excluding steroid dienone is 1. The Hall–Kier alpha value is -3.91. The van der Waals surface area contributed by atoms with Crippen molar-refractivity contribution in [3.63, 3.8) is 0 Å². The highest BCUT2D eigenvalue weighted by Gasteiger charge is 2.25. The predicted molar refractivity (Wildman–Crippen MR) is 132 cm³/mol. The molecule has 0 amide bonds. The van der Waals surface area contributed by atoms with Crippen LogP contribution in [0.2, 0.25) is 0 Å². The molecule has 1 aliphatic heterocycles. The van der Waals surface area contributed by atoms with Crippen molar-refractivity contribution >= 4 is 23.0 Å². The number of fused-ring (bicyclic) bond motifs is 1. The first-order valence-electron chi connectivity index (χ1n) is 11.3. The molecule has 4 N–H and O–H groups in total. The number of aromatic nitrogens is 2. The third-order valence-electron chi connectivity index (χ3n) is 6.01. The first-order valence-corrected chi connectivity index (χ1v) is 11.3. The Morgan fingerprint density at radius 1 is 1.26 bits per heavy atom. The number of nitrogens with zero attached hydrogens (tertiary/aromatic N) is 3. The predicted octanol–water partition coefficient (Wildman–Crippen LogP) is 3.61. The summed E-state index contributed by atoms with van der Waals surface area (Å²) in [4.78, 5) is 26.6. The number of ketones is 1. The zero-order valence-electron chi connectivity index (χ0n) is 19.1. The fourth-order valence-electron chi connectivity index (χ4n) is 4.01. The molecule has 0 radical (unpaired) electrons. The van der Waals surface area contributed by atoms with Gasteiger partial charge in [-0.2, -0.15) is 0 Å². The molecule has 0 saturated carbocycles. The number of aliphatic hydroxyl groups excluding tert-OH is 1. The molecular formula is C26H29N5O3. The molecule has 0 spiro atoms. The van der Waals surface area contributed by atoms with Crippen molar-refractivity contribution in [2.75, 3.05) is 13.1 Å². The molecule has 4 rings (SSSR count). The number of ether oxygens (including phenoxy) is 1. The van der Waals surface area contributed by atoms with Crippen LogP contribution in [0.25, 0.3) is 11.0 Å². The molecule has 1 saturated heterocycles. The Labute approximate surface area is 198 Å². The van der Waals surface area contributed by atoms with Crippen LogP contribution in [0.5, 0.6) is 5.75 Å². The van der Waals surface area contributed by atoms with E-state index in [1.807, 2.05) is 36.1 Å². The Morgan fingerprint density at radius 2 is 1.97 bits per heavy atom. The second kappa shape index (κ2) is 10.4. The number of aliphatic hydroxyl groups is 1. The highest BCUT2D eigenvalue weighted by molar-refractivity contribution is 6.08. The molecule has 34 heavy (non-hydrogen) atoms. The number of likely N-dealkylation sites (tertiary alicyclic amines) is 1. The molecule has 176 valence electrons. The number of H-pyrrole nitrogens is 1. The lowest BCUT2D eigenvalue weighted by Crippen LogP contribution is -2.39. The van der Waals surface area contributed by atoms with Crippen molar-refractivity contribution in [3.05, 3.63) is 84.3 Å². The van der Waals surface area contributed by atoms with Gasteiger partial charge in [0.15, 0.2) is 11.6 Å². The average Bonchev–Trinajstić information content (AvgIpc) is 3.30. The zero-order chi connectivity index (χ0) is 24.1. The van der Waals surface area contributed by atoms with Crippen LogP contribution in [-0.4, -0.2) is 51.2 Å². The summed E-state index contributed by atoms with van der Waals surface area (Å²) in [5, 5.41) is 9.84. The first-order chi connectivity index (χ1) is 16.5. The summed E-state index contributed by atoms with van der Waals surface area (Å²) in [5.74, 6) is 1.53. The molecule has 0 unspecified atom stereocenters. The number of carbonyl (C=O) groups excluding carboxylic acids is 1. The maximum Gasteiger partial charge on any atom is 0.260 e. The van der Waals surface area contributed by atoms with E-state index < -0.39 is 0 Å². The van der Waals surface area contributed by atoms with E-state index in [4.69, 9.17) is 10.5 Å². The van der Waals surface area contributed by atoms with Gasteiger partial charge in [-0.25, -0.2) is 9.98 Å². The van der Waals surface area contributed by atoms with Crippen LogP contribution >= 0.6 is 0 Å². The Morgan fingerprint density at radius 3 is 2.62 bits per heavy atom. The first kappa shape index (κ1) is 23.3. The smallest absolute Gasteiger partial charge is 0.260 e. The van der Waals surface area contributed by atoms with Gasteiger partial charge < -0.3 is 25.5 Å². The Bertz CT molecular complexity index is 1190. The van der Waals surface area contributed by atoms with Crippen molar-refractivity contribution in [1.29, 1.82) is 0 Å². The molecule has 1 aliphatic rings. The van der Waals surface area contributed by atoms with Crippen LogP contribution in [0.15, 0.2) is 77.9 Å². The molecule has 0 aliphatic carbocycles. The zero-order valence-corrected chi connectivity index (χ0v) is 19.1. The van der Waals surface area contributed by atoms with Crippen LogP contribution < -0.4 is 10.5 Å². The number of hydrogen-bond acceptors (Lipinski definition) is 7. The minimum atomic E-state index is -0.331. The number of nitrogens with two attached hydrogens (primary N) is 1. The summed E-state index contributed by atoms with van der Waals surface area (Å²) < 4.78 is 5.98. The minimum absolute atomic E-state index is 0.205. The number of piperidine rings is 1. The molecule has 1 fully saturated rings. The highest BCUT2D eigenvalue weighted by atomic mass is 16.5. The van der Waals surface area contributed by atoms with E-state index in [0.29, 0.717) is 30.2 Å². The van der Waals surface area contributed by atoms with Crippen LogP contribution in [0.3, 0.4) is 0 Å². The molecule has 2 heterocycles. The molecule has 0 bridgehead atoms. The van der Waals surface area contributed by atoms with Gasteiger partial charge in [-0.1, -0.05) is 24.8 Å². The van der Waals surface area contributed by atoms with Crippen LogP contribution in [0, 0.1) is 5.92 Å². The number of benzene rings is 2. The van der Waals surface area contributed by atoms with E-state index in [0.717, 1.165) is 23.9 Å². The molecular weight excluding hydrogens is 430 g/mol. The van der Waals surface area contributed by atoms with E-state index in [1.54, 1.807) is 30.3 Å². The van der Waals surface area contributed by atoms with Crippen molar-refractivity contribution < 1.29 is 14.6 Å². The summed E-state index contributed by atoms with van der Waals surface area (Å²) in [7, 11) is 0. The standard InChI is InChI=1S/C26H29N5O3/c1-3-14-28-26(24(27)31-15-12-18(13-16-31)17(2)32)34-20-10-8-19(9-11-20)23(33)25-29-21-6-4-5-7-22(21)30-25/h3-11,14,17-18,32H,1,12-13,15-16,27H2,2H3,(H,29,30)/b26-24-,28-14?/t17-/m1/s1. The number of imidazole rings is 1. The van der Waals surface area contributed by atoms with Gasteiger partial charge in [0, 0.05) is 24.9 Å². The van der Waals surface area contributed by atoms with Crippen molar-refractivity contribution in [3.8, 4) is 5.75 Å². The van der Waals surface area contributed by atoms with Crippen molar-refractivity contribution in [1.82, 2.24) is 14.9 Å². The van der Waals surface area contributed by atoms with Crippen molar-refractivity contribution in [2.45, 2.75) is 25.9 Å². The third-order valence-corrected chi connectivity index (χ3v) is 6.01. The number of aliphatic imine (C=N–C) groups is 1. The van der Waals surface area contributed by atoms with Gasteiger partial charge in [-0.15, -0.1) is 0 Å². The van der Waals surface area contributed by atoms with Crippen LogP contribution in [0.1, 0.15) is 35.9 Å². The van der Waals surface area contributed by atoms with E-state index in [2.05, 4.69) is 21.5 Å².